The highest BCUT2D eigenvalue weighted by atomic mass is 35.5. The molecule has 1 atom stereocenters. The third-order valence-electron chi connectivity index (χ3n) is 5.33. The fraction of sp³-hybridized carbons (Fsp3) is 0.579. The number of nitrogens with one attached hydrogen (secondary N) is 1. The van der Waals surface area contributed by atoms with Gasteiger partial charge in [0.2, 0.25) is 11.8 Å². The molecule has 0 bridgehead atoms. The second-order valence-electron chi connectivity index (χ2n) is 7.03. The van der Waals surface area contributed by atoms with Gasteiger partial charge in [-0.1, -0.05) is 17.7 Å². The minimum Gasteiger partial charge on any atom is -0.381 e. The summed E-state index contributed by atoms with van der Waals surface area (Å²) in [5.74, 6) is -0.576. The van der Waals surface area contributed by atoms with Gasteiger partial charge in [-0.3, -0.25) is 14.5 Å². The summed E-state index contributed by atoms with van der Waals surface area (Å²) in [6.45, 7) is 2.83. The van der Waals surface area contributed by atoms with Gasteiger partial charge in [0.15, 0.2) is 0 Å². The lowest BCUT2D eigenvalue weighted by molar-refractivity contribution is -0.140. The van der Waals surface area contributed by atoms with Crippen molar-refractivity contribution in [1.82, 2.24) is 15.1 Å². The molecule has 6 nitrogen and oxygen atoms in total. The number of likely N-dealkylation sites (tertiary alicyclic amines) is 1. The molecule has 27 heavy (non-hydrogen) atoms. The van der Waals surface area contributed by atoms with Crippen LogP contribution in [0.5, 0.6) is 0 Å². The molecule has 1 N–H and O–H groups in total. The second-order valence-corrected chi connectivity index (χ2v) is 7.44. The van der Waals surface area contributed by atoms with Gasteiger partial charge < -0.3 is 15.0 Å². The SMILES string of the molecule is COC1CCN(C(=O)C[C@@H]2C(=O)NCCN2Cc2ccc(F)cc2Cl)CC1. The van der Waals surface area contributed by atoms with Crippen molar-refractivity contribution in [3.63, 3.8) is 0 Å². The van der Waals surface area contributed by atoms with Gasteiger partial charge >= 0.3 is 0 Å². The zero-order chi connectivity index (χ0) is 19.4. The lowest BCUT2D eigenvalue weighted by atomic mass is 10.0. The molecule has 148 valence electrons. The highest BCUT2D eigenvalue weighted by Gasteiger charge is 2.34. The first-order valence-corrected chi connectivity index (χ1v) is 9.62. The monoisotopic (exact) mass is 397 g/mol. The second kappa shape index (κ2) is 8.99. The fourth-order valence-corrected chi connectivity index (χ4v) is 3.90. The molecule has 0 aliphatic carbocycles. The van der Waals surface area contributed by atoms with Crippen LogP contribution in [0.3, 0.4) is 0 Å². The average Bonchev–Trinajstić information content (AvgIpc) is 2.66. The molecule has 0 unspecified atom stereocenters. The van der Waals surface area contributed by atoms with Crippen LogP contribution in [0.25, 0.3) is 0 Å². The van der Waals surface area contributed by atoms with Gasteiger partial charge in [-0.2, -0.15) is 0 Å². The number of ether oxygens (including phenoxy) is 1. The Hall–Kier alpha value is -1.70. The van der Waals surface area contributed by atoms with Gasteiger partial charge in [0.25, 0.3) is 0 Å². The van der Waals surface area contributed by atoms with Crippen molar-refractivity contribution in [2.24, 2.45) is 0 Å². The van der Waals surface area contributed by atoms with E-state index in [9.17, 15) is 14.0 Å². The molecule has 0 radical (unpaired) electrons. The van der Waals surface area contributed by atoms with E-state index < -0.39 is 11.9 Å². The normalized spacial score (nSPS) is 22.0. The first-order chi connectivity index (χ1) is 13.0. The zero-order valence-electron chi connectivity index (χ0n) is 15.4. The van der Waals surface area contributed by atoms with Crippen molar-refractivity contribution in [3.8, 4) is 0 Å². The number of benzene rings is 1. The van der Waals surface area contributed by atoms with Crippen LogP contribution in [-0.4, -0.2) is 67.0 Å². The third kappa shape index (κ3) is 4.97. The molecule has 3 rings (SSSR count). The molecular weight excluding hydrogens is 373 g/mol. The predicted octanol–water partition coefficient (Wildman–Crippen LogP) is 1.81. The van der Waals surface area contributed by atoms with E-state index in [1.165, 1.54) is 12.1 Å². The molecule has 2 heterocycles. The number of nitrogens with zero attached hydrogens (tertiary/aromatic N) is 2. The number of halogens is 2. The Balaban J connectivity index is 1.65. The van der Waals surface area contributed by atoms with Crippen molar-refractivity contribution in [1.29, 1.82) is 0 Å². The van der Waals surface area contributed by atoms with E-state index >= 15 is 0 Å². The summed E-state index contributed by atoms with van der Waals surface area (Å²) in [7, 11) is 1.69. The van der Waals surface area contributed by atoms with Crippen molar-refractivity contribution in [3.05, 3.63) is 34.6 Å². The fourth-order valence-electron chi connectivity index (χ4n) is 3.68. The van der Waals surface area contributed by atoms with Gasteiger partial charge in [0, 0.05) is 44.9 Å². The van der Waals surface area contributed by atoms with E-state index in [-0.39, 0.29) is 24.3 Å². The largest absolute Gasteiger partial charge is 0.381 e. The molecule has 0 saturated carbocycles. The van der Waals surface area contributed by atoms with Crippen LogP contribution >= 0.6 is 11.6 Å². The molecule has 2 fully saturated rings. The molecule has 2 amide bonds. The van der Waals surface area contributed by atoms with Crippen LogP contribution in [0.15, 0.2) is 18.2 Å². The highest BCUT2D eigenvalue weighted by molar-refractivity contribution is 6.31. The van der Waals surface area contributed by atoms with E-state index in [1.54, 1.807) is 18.1 Å². The van der Waals surface area contributed by atoms with E-state index in [2.05, 4.69) is 5.32 Å². The standard InChI is InChI=1S/C19H25ClFN3O3/c1-27-15-4-7-23(8-5-15)18(25)11-17-19(26)22-6-9-24(17)12-13-2-3-14(21)10-16(13)20/h2-3,10,15,17H,4-9,11-12H2,1H3,(H,22,26)/t17-/m1/s1. The van der Waals surface area contributed by atoms with Gasteiger partial charge in [-0.05, 0) is 30.5 Å². The maximum absolute atomic E-state index is 13.3. The molecule has 2 saturated heterocycles. The van der Waals surface area contributed by atoms with Crippen LogP contribution in [-0.2, 0) is 20.9 Å². The molecule has 2 aliphatic rings. The van der Waals surface area contributed by atoms with Gasteiger partial charge in [0.1, 0.15) is 5.82 Å². The van der Waals surface area contributed by atoms with Crippen molar-refractivity contribution < 1.29 is 18.7 Å². The lowest BCUT2D eigenvalue weighted by Crippen LogP contribution is -2.56. The Labute approximate surface area is 163 Å². The Bertz CT molecular complexity index is 695. The Morgan fingerprint density at radius 1 is 1.33 bits per heavy atom. The number of carbonyl (C=O) groups is 2. The maximum atomic E-state index is 13.3. The van der Waals surface area contributed by atoms with E-state index in [1.807, 2.05) is 4.90 Å². The number of methoxy groups -OCH3 is 1. The lowest BCUT2D eigenvalue weighted by Gasteiger charge is -2.37. The van der Waals surface area contributed by atoms with Crippen molar-refractivity contribution in [2.45, 2.75) is 38.0 Å². The summed E-state index contributed by atoms with van der Waals surface area (Å²) in [5, 5.41) is 3.16. The Kier molecular flexibility index (Phi) is 6.68. The minimum absolute atomic E-state index is 0.0261. The summed E-state index contributed by atoms with van der Waals surface area (Å²) in [5.41, 5.74) is 0.742. The number of hydrogen-bond donors (Lipinski definition) is 1. The van der Waals surface area contributed by atoms with Gasteiger partial charge in [-0.15, -0.1) is 0 Å². The van der Waals surface area contributed by atoms with Crippen molar-refractivity contribution in [2.75, 3.05) is 33.3 Å². The molecule has 1 aromatic carbocycles. The van der Waals surface area contributed by atoms with Crippen molar-refractivity contribution >= 4 is 23.4 Å². The predicted molar refractivity (Wildman–Crippen MR) is 99.8 cm³/mol. The molecular formula is C19H25ClFN3O3. The third-order valence-corrected chi connectivity index (χ3v) is 5.68. The Morgan fingerprint density at radius 3 is 2.74 bits per heavy atom. The molecule has 8 heteroatoms. The first kappa shape index (κ1) is 20.0. The summed E-state index contributed by atoms with van der Waals surface area (Å²) in [4.78, 5) is 28.9. The van der Waals surface area contributed by atoms with E-state index in [4.69, 9.17) is 16.3 Å². The molecule has 1 aromatic rings. The first-order valence-electron chi connectivity index (χ1n) is 9.24. The van der Waals surface area contributed by atoms with E-state index in [0.29, 0.717) is 37.7 Å². The quantitative estimate of drug-likeness (QED) is 0.823. The number of carbonyl (C=O) groups excluding carboxylic acids is 2. The molecule has 2 aliphatic heterocycles. The molecule has 0 aromatic heterocycles. The average molecular weight is 398 g/mol. The smallest absolute Gasteiger partial charge is 0.237 e. The minimum atomic E-state index is -0.549. The van der Waals surface area contributed by atoms with Crippen LogP contribution in [0.1, 0.15) is 24.8 Å². The number of rotatable bonds is 5. The summed E-state index contributed by atoms with van der Waals surface area (Å²) in [6.07, 6.45) is 1.95. The number of piperazine rings is 1. The summed E-state index contributed by atoms with van der Waals surface area (Å²) < 4.78 is 18.6. The van der Waals surface area contributed by atoms with Crippen LogP contribution in [0, 0.1) is 5.82 Å². The van der Waals surface area contributed by atoms with Crippen LogP contribution in [0.4, 0.5) is 4.39 Å². The summed E-state index contributed by atoms with van der Waals surface area (Å²) >= 11 is 6.13. The Morgan fingerprint density at radius 2 is 2.07 bits per heavy atom. The summed E-state index contributed by atoms with van der Waals surface area (Å²) in [6, 6.07) is 3.69. The number of hydrogen-bond acceptors (Lipinski definition) is 4. The maximum Gasteiger partial charge on any atom is 0.237 e. The highest BCUT2D eigenvalue weighted by Crippen LogP contribution is 2.22. The van der Waals surface area contributed by atoms with Crippen LogP contribution in [0.2, 0.25) is 5.02 Å². The number of amides is 2. The van der Waals surface area contributed by atoms with Crippen LogP contribution < -0.4 is 5.32 Å². The molecule has 0 spiro atoms. The zero-order valence-corrected chi connectivity index (χ0v) is 16.2. The topological polar surface area (TPSA) is 61.9 Å². The number of piperidine rings is 1. The van der Waals surface area contributed by atoms with Gasteiger partial charge in [-0.25, -0.2) is 4.39 Å². The van der Waals surface area contributed by atoms with E-state index in [0.717, 1.165) is 18.4 Å². The van der Waals surface area contributed by atoms with Gasteiger partial charge in [0.05, 0.1) is 18.6 Å².